The molecule has 0 aliphatic carbocycles. The molecule has 0 aliphatic rings. The Morgan fingerprint density at radius 2 is 1.83 bits per heavy atom. The molecule has 0 saturated heterocycles. The molecule has 3 nitrogen and oxygen atoms in total. The lowest BCUT2D eigenvalue weighted by atomic mass is 10.2. The molecular formula is C13H13Cl2N3. The molecular weight excluding hydrogens is 269 g/mol. The number of aryl methyl sites for hydroxylation is 1. The van der Waals surface area contributed by atoms with Gasteiger partial charge in [0.25, 0.3) is 0 Å². The molecule has 1 aromatic carbocycles. The summed E-state index contributed by atoms with van der Waals surface area (Å²) in [6.45, 7) is 2.08. The zero-order chi connectivity index (χ0) is 13.1. The molecule has 0 saturated carbocycles. The number of nitrogens with two attached hydrogens (primary N) is 1. The first-order valence-electron chi connectivity index (χ1n) is 5.69. The van der Waals surface area contributed by atoms with Gasteiger partial charge in [0.15, 0.2) is 5.82 Å². The second-order valence-electron chi connectivity index (χ2n) is 3.95. The number of hydrogen-bond donors (Lipinski definition) is 1. The largest absolute Gasteiger partial charge is 0.384 e. The number of aromatic nitrogens is 2. The van der Waals surface area contributed by atoms with Gasteiger partial charge in [0.1, 0.15) is 5.82 Å². The van der Waals surface area contributed by atoms with Crippen LogP contribution in [0.15, 0.2) is 24.3 Å². The zero-order valence-corrected chi connectivity index (χ0v) is 11.5. The number of anilines is 1. The summed E-state index contributed by atoms with van der Waals surface area (Å²) in [4.78, 5) is 8.66. The number of nitrogen functional groups attached to an aromatic ring is 1. The minimum absolute atomic E-state index is 0.430. The first-order valence-corrected chi connectivity index (χ1v) is 6.45. The maximum atomic E-state index is 6.14. The summed E-state index contributed by atoms with van der Waals surface area (Å²) in [5, 5.41) is 1.05. The highest BCUT2D eigenvalue weighted by Gasteiger charge is 2.12. The summed E-state index contributed by atoms with van der Waals surface area (Å²) in [6.07, 6.45) is 1.84. The zero-order valence-electron chi connectivity index (χ0n) is 9.95. The molecule has 18 heavy (non-hydrogen) atoms. The van der Waals surface area contributed by atoms with E-state index in [0.717, 1.165) is 18.5 Å². The SMILES string of the molecule is CCCc1cc(N)nc(-c2c(Cl)cccc2Cl)n1. The summed E-state index contributed by atoms with van der Waals surface area (Å²) < 4.78 is 0. The maximum absolute atomic E-state index is 6.14. The van der Waals surface area contributed by atoms with Gasteiger partial charge in [0, 0.05) is 11.8 Å². The molecule has 0 bridgehead atoms. The summed E-state index contributed by atoms with van der Waals surface area (Å²) in [6, 6.07) is 7.08. The van der Waals surface area contributed by atoms with Gasteiger partial charge in [-0.3, -0.25) is 0 Å². The van der Waals surface area contributed by atoms with E-state index in [4.69, 9.17) is 28.9 Å². The Bertz CT molecular complexity index is 550. The number of rotatable bonds is 3. The summed E-state index contributed by atoms with van der Waals surface area (Å²) >= 11 is 12.3. The van der Waals surface area contributed by atoms with Crippen LogP contribution in [0.2, 0.25) is 10.0 Å². The van der Waals surface area contributed by atoms with Crippen molar-refractivity contribution in [3.8, 4) is 11.4 Å². The lowest BCUT2D eigenvalue weighted by Crippen LogP contribution is -2.01. The highest BCUT2D eigenvalue weighted by atomic mass is 35.5. The quantitative estimate of drug-likeness (QED) is 0.926. The van der Waals surface area contributed by atoms with Crippen molar-refractivity contribution in [1.29, 1.82) is 0 Å². The van der Waals surface area contributed by atoms with Crippen molar-refractivity contribution in [2.45, 2.75) is 19.8 Å². The van der Waals surface area contributed by atoms with Gasteiger partial charge < -0.3 is 5.73 Å². The maximum Gasteiger partial charge on any atom is 0.164 e. The lowest BCUT2D eigenvalue weighted by molar-refractivity contribution is 0.877. The Balaban J connectivity index is 2.56. The van der Waals surface area contributed by atoms with Crippen molar-refractivity contribution >= 4 is 29.0 Å². The van der Waals surface area contributed by atoms with Crippen LogP contribution in [0.4, 0.5) is 5.82 Å². The van der Waals surface area contributed by atoms with E-state index in [-0.39, 0.29) is 0 Å². The number of benzene rings is 1. The standard InChI is InChI=1S/C13H13Cl2N3/c1-2-4-8-7-11(16)18-13(17-8)12-9(14)5-3-6-10(12)15/h3,5-7H,2,4H2,1H3,(H2,16,17,18). The molecule has 0 unspecified atom stereocenters. The van der Waals surface area contributed by atoms with Crippen LogP contribution in [-0.4, -0.2) is 9.97 Å². The molecule has 0 aliphatic heterocycles. The summed E-state index contributed by atoms with van der Waals surface area (Å²) in [7, 11) is 0. The monoisotopic (exact) mass is 281 g/mol. The molecule has 5 heteroatoms. The summed E-state index contributed by atoms with van der Waals surface area (Å²) in [5.41, 5.74) is 7.32. The molecule has 2 rings (SSSR count). The van der Waals surface area contributed by atoms with E-state index < -0.39 is 0 Å². The number of halogens is 2. The minimum Gasteiger partial charge on any atom is -0.384 e. The molecule has 0 amide bonds. The molecule has 1 heterocycles. The topological polar surface area (TPSA) is 51.8 Å². The van der Waals surface area contributed by atoms with Gasteiger partial charge in [-0.25, -0.2) is 9.97 Å². The van der Waals surface area contributed by atoms with Crippen molar-refractivity contribution in [2.75, 3.05) is 5.73 Å². The molecule has 0 fully saturated rings. The normalized spacial score (nSPS) is 10.6. The van der Waals surface area contributed by atoms with Gasteiger partial charge in [-0.1, -0.05) is 42.6 Å². The van der Waals surface area contributed by atoms with Gasteiger partial charge in [-0.05, 0) is 18.6 Å². The van der Waals surface area contributed by atoms with Crippen LogP contribution < -0.4 is 5.73 Å². The molecule has 94 valence electrons. The molecule has 1 aromatic heterocycles. The van der Waals surface area contributed by atoms with E-state index in [1.807, 2.05) is 0 Å². The Kier molecular flexibility index (Phi) is 4.04. The van der Waals surface area contributed by atoms with E-state index in [2.05, 4.69) is 16.9 Å². The van der Waals surface area contributed by atoms with Crippen LogP contribution in [0.3, 0.4) is 0 Å². The van der Waals surface area contributed by atoms with Crippen molar-refractivity contribution < 1.29 is 0 Å². The van der Waals surface area contributed by atoms with Crippen LogP contribution in [0, 0.1) is 0 Å². The van der Waals surface area contributed by atoms with Gasteiger partial charge in [0.2, 0.25) is 0 Å². The van der Waals surface area contributed by atoms with Crippen molar-refractivity contribution in [1.82, 2.24) is 9.97 Å². The average molecular weight is 282 g/mol. The lowest BCUT2D eigenvalue weighted by Gasteiger charge is -2.08. The average Bonchev–Trinajstić information content (AvgIpc) is 2.28. The highest BCUT2D eigenvalue weighted by Crippen LogP contribution is 2.32. The van der Waals surface area contributed by atoms with Crippen LogP contribution in [0.5, 0.6) is 0 Å². The molecule has 2 aromatic rings. The van der Waals surface area contributed by atoms with Gasteiger partial charge in [-0.15, -0.1) is 0 Å². The van der Waals surface area contributed by atoms with E-state index in [0.29, 0.717) is 27.3 Å². The van der Waals surface area contributed by atoms with Crippen LogP contribution in [0.1, 0.15) is 19.0 Å². The molecule has 0 atom stereocenters. The predicted molar refractivity (Wildman–Crippen MR) is 75.9 cm³/mol. The predicted octanol–water partition coefficient (Wildman–Crippen LogP) is 3.99. The Morgan fingerprint density at radius 1 is 1.17 bits per heavy atom. The van der Waals surface area contributed by atoms with Crippen LogP contribution in [0.25, 0.3) is 11.4 Å². The van der Waals surface area contributed by atoms with Gasteiger partial charge in [-0.2, -0.15) is 0 Å². The molecule has 0 spiro atoms. The van der Waals surface area contributed by atoms with Crippen LogP contribution >= 0.6 is 23.2 Å². The fraction of sp³-hybridized carbons (Fsp3) is 0.231. The van der Waals surface area contributed by atoms with E-state index in [1.54, 1.807) is 24.3 Å². The number of nitrogens with zero attached hydrogens (tertiary/aromatic N) is 2. The molecule has 0 radical (unpaired) electrons. The van der Waals surface area contributed by atoms with E-state index in [1.165, 1.54) is 0 Å². The third kappa shape index (κ3) is 2.74. The Labute approximate surface area is 116 Å². The van der Waals surface area contributed by atoms with E-state index >= 15 is 0 Å². The minimum atomic E-state index is 0.430. The fourth-order valence-corrected chi connectivity index (χ4v) is 2.29. The smallest absolute Gasteiger partial charge is 0.164 e. The van der Waals surface area contributed by atoms with Crippen molar-refractivity contribution in [3.05, 3.63) is 40.0 Å². The first-order chi connectivity index (χ1) is 8.61. The first kappa shape index (κ1) is 13.1. The Morgan fingerprint density at radius 3 is 2.44 bits per heavy atom. The second kappa shape index (κ2) is 5.55. The Hall–Kier alpha value is -1.32. The number of hydrogen-bond acceptors (Lipinski definition) is 3. The third-order valence-electron chi connectivity index (χ3n) is 2.49. The van der Waals surface area contributed by atoms with Crippen LogP contribution in [-0.2, 0) is 6.42 Å². The van der Waals surface area contributed by atoms with Gasteiger partial charge in [0.05, 0.1) is 15.6 Å². The summed E-state index contributed by atoms with van der Waals surface area (Å²) in [5.74, 6) is 0.911. The third-order valence-corrected chi connectivity index (χ3v) is 3.12. The molecule has 2 N–H and O–H groups in total. The fourth-order valence-electron chi connectivity index (χ4n) is 1.73. The highest BCUT2D eigenvalue weighted by molar-refractivity contribution is 6.38. The van der Waals surface area contributed by atoms with E-state index in [9.17, 15) is 0 Å². The second-order valence-corrected chi connectivity index (χ2v) is 4.77. The van der Waals surface area contributed by atoms with Gasteiger partial charge >= 0.3 is 0 Å². The van der Waals surface area contributed by atoms with Crippen molar-refractivity contribution in [2.24, 2.45) is 0 Å². The van der Waals surface area contributed by atoms with Crippen molar-refractivity contribution in [3.63, 3.8) is 0 Å².